The number of hydrogen-bond donors (Lipinski definition) is 1. The van der Waals surface area contributed by atoms with E-state index >= 15 is 0 Å². The van der Waals surface area contributed by atoms with Gasteiger partial charge in [0.05, 0.1) is 15.2 Å². The van der Waals surface area contributed by atoms with Crippen molar-refractivity contribution in [2.75, 3.05) is 31.9 Å². The monoisotopic (exact) mass is 417 g/mol. The van der Waals surface area contributed by atoms with Gasteiger partial charge < -0.3 is 15.5 Å². The van der Waals surface area contributed by atoms with Crippen LogP contribution < -0.4 is 5.73 Å². The molecule has 4 nitrogen and oxygen atoms in total. The second kappa shape index (κ2) is 5.72. The highest BCUT2D eigenvalue weighted by atomic mass is 79.9. The first-order chi connectivity index (χ1) is 10.8. The number of rotatable bonds is 2. The zero-order valence-electron chi connectivity index (χ0n) is 12.1. The summed E-state index contributed by atoms with van der Waals surface area (Å²) in [6.45, 7) is 6.32. The van der Waals surface area contributed by atoms with Crippen molar-refractivity contribution in [3.8, 4) is 0 Å². The molecule has 2 heterocycles. The molecule has 0 atom stereocenters. The predicted octanol–water partition coefficient (Wildman–Crippen LogP) is 2.83. The van der Waals surface area contributed by atoms with Crippen LogP contribution in [0.15, 0.2) is 23.2 Å². The lowest BCUT2D eigenvalue weighted by molar-refractivity contribution is -0.147. The highest BCUT2D eigenvalue weighted by molar-refractivity contribution is 9.10. The molecule has 0 unspecified atom stereocenters. The van der Waals surface area contributed by atoms with Gasteiger partial charge >= 0.3 is 0 Å². The molecular formula is C15H14BrClFN3OS. The number of halogens is 3. The summed E-state index contributed by atoms with van der Waals surface area (Å²) in [6, 6.07) is 1.58. The molecule has 1 amide bonds. The number of carbonyl (C=O) groups is 1. The summed E-state index contributed by atoms with van der Waals surface area (Å²) in [6.07, 6.45) is 1.32. The van der Waals surface area contributed by atoms with Gasteiger partial charge in [-0.05, 0) is 28.1 Å². The zero-order valence-corrected chi connectivity index (χ0v) is 15.3. The fourth-order valence-corrected chi connectivity index (χ4v) is 3.93. The first kappa shape index (κ1) is 16.7. The van der Waals surface area contributed by atoms with Crippen molar-refractivity contribution in [2.24, 2.45) is 5.41 Å². The van der Waals surface area contributed by atoms with Gasteiger partial charge in [-0.2, -0.15) is 0 Å². The van der Waals surface area contributed by atoms with Gasteiger partial charge in [0.15, 0.2) is 5.82 Å². The number of thiocarbonyl (C=S) groups is 1. The third-order valence-corrected chi connectivity index (χ3v) is 6.09. The molecule has 1 spiro atoms. The third-order valence-electron chi connectivity index (χ3n) is 4.31. The van der Waals surface area contributed by atoms with Crippen molar-refractivity contribution in [3.63, 3.8) is 0 Å². The second-order valence-electron chi connectivity index (χ2n) is 6.01. The van der Waals surface area contributed by atoms with E-state index in [9.17, 15) is 9.18 Å². The summed E-state index contributed by atoms with van der Waals surface area (Å²) in [5.74, 6) is -0.654. The molecule has 0 aromatic heterocycles. The smallest absolute Gasteiger partial charge is 0.245 e. The van der Waals surface area contributed by atoms with Crippen molar-refractivity contribution >= 4 is 56.3 Å². The van der Waals surface area contributed by atoms with E-state index in [4.69, 9.17) is 29.6 Å². The van der Waals surface area contributed by atoms with Gasteiger partial charge in [0.2, 0.25) is 5.91 Å². The number of likely N-dealkylation sites (tertiary alicyclic amines) is 2. The van der Waals surface area contributed by atoms with Crippen LogP contribution in [0, 0.1) is 11.2 Å². The fraction of sp³-hybridized carbons (Fsp3) is 0.333. The van der Waals surface area contributed by atoms with Crippen molar-refractivity contribution < 1.29 is 9.18 Å². The molecule has 23 heavy (non-hydrogen) atoms. The standard InChI is InChI=1S/C15H14BrClFN3OS/c1-2-10(22)20-4-15(5-20)6-21(7-15)14(23)8-3-9(17)11(16)12(18)13(8)19/h2-3H,1,4-7,19H2. The van der Waals surface area contributed by atoms with Gasteiger partial charge in [-0.15, -0.1) is 0 Å². The molecule has 8 heteroatoms. The highest BCUT2D eigenvalue weighted by Crippen LogP contribution is 2.41. The molecule has 0 bridgehead atoms. The second-order valence-corrected chi connectivity index (χ2v) is 7.59. The molecule has 2 aliphatic rings. The van der Waals surface area contributed by atoms with E-state index < -0.39 is 5.82 Å². The van der Waals surface area contributed by atoms with Crippen LogP contribution in [0.3, 0.4) is 0 Å². The van der Waals surface area contributed by atoms with Crippen molar-refractivity contribution in [1.82, 2.24) is 9.80 Å². The molecule has 0 radical (unpaired) electrons. The molecule has 2 N–H and O–H groups in total. The van der Waals surface area contributed by atoms with Crippen LogP contribution in [-0.2, 0) is 4.79 Å². The van der Waals surface area contributed by atoms with Gasteiger partial charge in [0.25, 0.3) is 0 Å². The van der Waals surface area contributed by atoms with Crippen LogP contribution in [0.5, 0.6) is 0 Å². The maximum absolute atomic E-state index is 14.0. The average molecular weight is 419 g/mol. The van der Waals surface area contributed by atoms with E-state index in [0.29, 0.717) is 23.6 Å². The van der Waals surface area contributed by atoms with E-state index in [-0.39, 0.29) is 26.5 Å². The lowest BCUT2D eigenvalue weighted by atomic mass is 9.72. The third kappa shape index (κ3) is 2.64. The Labute approximate surface area is 152 Å². The van der Waals surface area contributed by atoms with Crippen molar-refractivity contribution in [3.05, 3.63) is 39.6 Å². The minimum atomic E-state index is -0.600. The quantitative estimate of drug-likeness (QED) is 0.347. The lowest BCUT2D eigenvalue weighted by Gasteiger charge is -2.60. The first-order valence-corrected chi connectivity index (χ1v) is 8.49. The number of hydrogen-bond acceptors (Lipinski definition) is 3. The minimum Gasteiger partial charge on any atom is -0.396 e. The lowest BCUT2D eigenvalue weighted by Crippen LogP contribution is -2.73. The molecule has 0 saturated carbocycles. The maximum Gasteiger partial charge on any atom is 0.245 e. The number of amides is 1. The Morgan fingerprint density at radius 1 is 1.43 bits per heavy atom. The number of anilines is 1. The molecule has 122 valence electrons. The first-order valence-electron chi connectivity index (χ1n) is 6.91. The Kier molecular flexibility index (Phi) is 4.14. The van der Waals surface area contributed by atoms with Gasteiger partial charge in [-0.1, -0.05) is 30.4 Å². The SMILES string of the molecule is C=CC(=O)N1CC2(C1)CN(C(=S)c1cc(Cl)c(Br)c(F)c1N)C2. The van der Waals surface area contributed by atoms with E-state index in [1.54, 1.807) is 11.0 Å². The van der Waals surface area contributed by atoms with Gasteiger partial charge in [-0.25, -0.2) is 4.39 Å². The largest absolute Gasteiger partial charge is 0.396 e. The summed E-state index contributed by atoms with van der Waals surface area (Å²) in [4.78, 5) is 15.7. The van der Waals surface area contributed by atoms with E-state index in [0.717, 1.165) is 13.1 Å². The van der Waals surface area contributed by atoms with E-state index in [1.165, 1.54) is 6.08 Å². The number of nitrogens with two attached hydrogens (primary N) is 1. The topological polar surface area (TPSA) is 49.6 Å². The number of nitrogens with zero attached hydrogens (tertiary/aromatic N) is 2. The van der Waals surface area contributed by atoms with E-state index in [2.05, 4.69) is 22.5 Å². The van der Waals surface area contributed by atoms with Gasteiger partial charge in [-0.3, -0.25) is 4.79 Å². The highest BCUT2D eigenvalue weighted by Gasteiger charge is 2.53. The normalized spacial score (nSPS) is 18.4. The van der Waals surface area contributed by atoms with Crippen LogP contribution in [0.2, 0.25) is 5.02 Å². The number of benzene rings is 1. The minimum absolute atomic E-state index is 0.00991. The molecule has 1 aromatic rings. The maximum atomic E-state index is 14.0. The van der Waals surface area contributed by atoms with Gasteiger partial charge in [0.1, 0.15) is 4.99 Å². The molecule has 2 saturated heterocycles. The van der Waals surface area contributed by atoms with Gasteiger partial charge in [0, 0.05) is 37.2 Å². The van der Waals surface area contributed by atoms with Crippen LogP contribution in [0.1, 0.15) is 5.56 Å². The van der Waals surface area contributed by atoms with Crippen LogP contribution in [0.4, 0.5) is 10.1 Å². The predicted molar refractivity (Wildman–Crippen MR) is 96.0 cm³/mol. The Bertz CT molecular complexity index is 728. The number of carbonyl (C=O) groups excluding carboxylic acids is 1. The Balaban J connectivity index is 1.69. The molecular weight excluding hydrogens is 405 g/mol. The number of nitrogen functional groups attached to an aromatic ring is 1. The Hall–Kier alpha value is -1.18. The summed E-state index contributed by atoms with van der Waals surface area (Å²) < 4.78 is 14.2. The fourth-order valence-electron chi connectivity index (χ4n) is 3.11. The van der Waals surface area contributed by atoms with E-state index in [1.807, 2.05) is 4.90 Å². The van der Waals surface area contributed by atoms with Crippen molar-refractivity contribution in [2.45, 2.75) is 0 Å². The average Bonchev–Trinajstić information content (AvgIpc) is 2.45. The summed E-state index contributed by atoms with van der Waals surface area (Å²) in [5, 5.41) is 0.232. The van der Waals surface area contributed by atoms with Crippen LogP contribution in [0.25, 0.3) is 0 Å². The molecule has 0 aliphatic carbocycles. The van der Waals surface area contributed by atoms with Crippen molar-refractivity contribution in [1.29, 1.82) is 0 Å². The van der Waals surface area contributed by atoms with Crippen LogP contribution >= 0.6 is 39.7 Å². The van der Waals surface area contributed by atoms with Crippen LogP contribution in [-0.4, -0.2) is 46.9 Å². The molecule has 1 aromatic carbocycles. The summed E-state index contributed by atoms with van der Waals surface area (Å²) >= 11 is 14.5. The summed E-state index contributed by atoms with van der Waals surface area (Å²) in [7, 11) is 0. The molecule has 3 rings (SSSR count). The zero-order chi connectivity index (χ0) is 16.9. The Morgan fingerprint density at radius 2 is 2.00 bits per heavy atom. The molecule has 2 aliphatic heterocycles. The molecule has 2 fully saturated rings. The summed E-state index contributed by atoms with van der Waals surface area (Å²) in [5.41, 5.74) is 6.32. The Morgan fingerprint density at radius 3 is 2.57 bits per heavy atom.